The molecular formula is C16H23N3. The van der Waals surface area contributed by atoms with E-state index in [2.05, 4.69) is 27.4 Å². The minimum atomic E-state index is 0.849. The summed E-state index contributed by atoms with van der Waals surface area (Å²) in [6.07, 6.45) is 8.52. The van der Waals surface area contributed by atoms with E-state index in [0.29, 0.717) is 0 Å². The quantitative estimate of drug-likeness (QED) is 0.803. The van der Waals surface area contributed by atoms with Crippen molar-refractivity contribution in [3.63, 3.8) is 0 Å². The number of H-pyrrole nitrogens is 1. The van der Waals surface area contributed by atoms with Crippen LogP contribution in [-0.4, -0.2) is 16.5 Å². The maximum Gasteiger partial charge on any atom is 0.121 e. The SMILES string of the molecule is c1ccc2[nH]c(CNCCC3CCCCC3)nc2c1. The summed E-state index contributed by atoms with van der Waals surface area (Å²) in [6, 6.07) is 8.20. The molecule has 0 spiro atoms. The highest BCUT2D eigenvalue weighted by Gasteiger charge is 2.12. The Morgan fingerprint density at radius 1 is 1.16 bits per heavy atom. The van der Waals surface area contributed by atoms with Gasteiger partial charge in [-0.1, -0.05) is 44.2 Å². The lowest BCUT2D eigenvalue weighted by molar-refractivity contribution is 0.333. The van der Waals surface area contributed by atoms with E-state index in [1.165, 1.54) is 38.5 Å². The second-order valence-electron chi connectivity index (χ2n) is 5.67. The summed E-state index contributed by atoms with van der Waals surface area (Å²) >= 11 is 0. The number of aromatic amines is 1. The number of para-hydroxylation sites is 2. The summed E-state index contributed by atoms with van der Waals surface area (Å²) in [5.41, 5.74) is 2.19. The van der Waals surface area contributed by atoms with Crippen LogP contribution in [0.3, 0.4) is 0 Å². The van der Waals surface area contributed by atoms with Gasteiger partial charge in [-0.25, -0.2) is 4.98 Å². The van der Waals surface area contributed by atoms with Crippen LogP contribution in [-0.2, 0) is 6.54 Å². The molecule has 1 aromatic heterocycles. The summed E-state index contributed by atoms with van der Waals surface area (Å²) in [5.74, 6) is 2.00. The molecule has 1 aromatic carbocycles. The van der Waals surface area contributed by atoms with Gasteiger partial charge in [0, 0.05) is 0 Å². The number of hydrogen-bond donors (Lipinski definition) is 2. The lowest BCUT2D eigenvalue weighted by Gasteiger charge is -2.21. The summed E-state index contributed by atoms with van der Waals surface area (Å²) in [5, 5.41) is 3.52. The molecule has 0 atom stereocenters. The summed E-state index contributed by atoms with van der Waals surface area (Å²) in [4.78, 5) is 7.94. The smallest absolute Gasteiger partial charge is 0.121 e. The molecule has 1 saturated carbocycles. The highest BCUT2D eigenvalue weighted by atomic mass is 15.0. The maximum absolute atomic E-state index is 4.58. The molecule has 102 valence electrons. The largest absolute Gasteiger partial charge is 0.341 e. The van der Waals surface area contributed by atoms with Crippen molar-refractivity contribution in [2.75, 3.05) is 6.54 Å². The molecule has 2 aromatic rings. The molecule has 0 bridgehead atoms. The van der Waals surface area contributed by atoms with Gasteiger partial charge in [0.15, 0.2) is 0 Å². The average molecular weight is 257 g/mol. The molecule has 3 nitrogen and oxygen atoms in total. The topological polar surface area (TPSA) is 40.7 Å². The van der Waals surface area contributed by atoms with E-state index in [0.717, 1.165) is 35.9 Å². The fourth-order valence-electron chi connectivity index (χ4n) is 3.08. The minimum absolute atomic E-state index is 0.849. The molecule has 3 heteroatoms. The zero-order valence-electron chi connectivity index (χ0n) is 11.5. The Balaban J connectivity index is 1.44. The minimum Gasteiger partial charge on any atom is -0.341 e. The number of nitrogens with one attached hydrogen (secondary N) is 2. The second-order valence-corrected chi connectivity index (χ2v) is 5.67. The molecule has 0 radical (unpaired) electrons. The van der Waals surface area contributed by atoms with Crippen LogP contribution in [0.15, 0.2) is 24.3 Å². The monoisotopic (exact) mass is 257 g/mol. The fraction of sp³-hybridized carbons (Fsp3) is 0.562. The Morgan fingerprint density at radius 2 is 2.00 bits per heavy atom. The molecule has 0 unspecified atom stereocenters. The van der Waals surface area contributed by atoms with Crippen molar-refractivity contribution in [2.45, 2.75) is 45.1 Å². The number of imidazole rings is 1. The Hall–Kier alpha value is -1.35. The normalized spacial score (nSPS) is 17.1. The van der Waals surface area contributed by atoms with Crippen molar-refractivity contribution in [3.05, 3.63) is 30.1 Å². The molecule has 0 saturated heterocycles. The van der Waals surface area contributed by atoms with Crippen molar-refractivity contribution in [1.29, 1.82) is 0 Å². The molecule has 19 heavy (non-hydrogen) atoms. The Morgan fingerprint density at radius 3 is 2.84 bits per heavy atom. The van der Waals surface area contributed by atoms with Gasteiger partial charge in [0.05, 0.1) is 17.6 Å². The van der Waals surface area contributed by atoms with E-state index in [9.17, 15) is 0 Å². The van der Waals surface area contributed by atoms with Crippen molar-refractivity contribution < 1.29 is 0 Å². The maximum atomic E-state index is 4.58. The summed E-state index contributed by atoms with van der Waals surface area (Å²) in [7, 11) is 0. The molecule has 2 N–H and O–H groups in total. The Kier molecular flexibility index (Phi) is 4.13. The highest BCUT2D eigenvalue weighted by Crippen LogP contribution is 2.25. The first-order valence-electron chi connectivity index (χ1n) is 7.56. The van der Waals surface area contributed by atoms with Crippen molar-refractivity contribution in [3.8, 4) is 0 Å². The number of fused-ring (bicyclic) bond motifs is 1. The molecule has 1 aliphatic carbocycles. The van der Waals surface area contributed by atoms with Crippen LogP contribution in [0.25, 0.3) is 11.0 Å². The predicted octanol–water partition coefficient (Wildman–Crippen LogP) is 3.62. The molecule has 3 rings (SSSR count). The third-order valence-corrected chi connectivity index (χ3v) is 4.18. The third kappa shape index (κ3) is 3.35. The first-order chi connectivity index (χ1) is 9.42. The van der Waals surface area contributed by atoms with Gasteiger partial charge < -0.3 is 10.3 Å². The van der Waals surface area contributed by atoms with Crippen LogP contribution in [0, 0.1) is 5.92 Å². The van der Waals surface area contributed by atoms with Crippen molar-refractivity contribution in [1.82, 2.24) is 15.3 Å². The molecule has 1 aliphatic rings. The molecule has 1 fully saturated rings. The molecule has 1 heterocycles. The number of benzene rings is 1. The Labute approximate surface area is 114 Å². The van der Waals surface area contributed by atoms with Gasteiger partial charge in [-0.15, -0.1) is 0 Å². The first-order valence-corrected chi connectivity index (χ1v) is 7.56. The first kappa shape index (κ1) is 12.7. The lowest BCUT2D eigenvalue weighted by Crippen LogP contribution is -2.19. The van der Waals surface area contributed by atoms with Gasteiger partial charge in [0.2, 0.25) is 0 Å². The van der Waals surface area contributed by atoms with E-state index in [1.807, 2.05) is 12.1 Å². The van der Waals surface area contributed by atoms with Crippen LogP contribution in [0.5, 0.6) is 0 Å². The highest BCUT2D eigenvalue weighted by molar-refractivity contribution is 5.74. The van der Waals surface area contributed by atoms with E-state index >= 15 is 0 Å². The van der Waals surface area contributed by atoms with Gasteiger partial charge in [0.1, 0.15) is 5.82 Å². The fourth-order valence-corrected chi connectivity index (χ4v) is 3.08. The third-order valence-electron chi connectivity index (χ3n) is 4.18. The number of nitrogens with zero attached hydrogens (tertiary/aromatic N) is 1. The standard InChI is InChI=1S/C16H23N3/c1-2-6-13(7-3-1)10-11-17-12-16-18-14-8-4-5-9-15(14)19-16/h4-5,8-9,13,17H,1-3,6-7,10-12H2,(H,18,19). The average Bonchev–Trinajstić information content (AvgIpc) is 2.87. The Bertz CT molecular complexity index is 478. The zero-order valence-corrected chi connectivity index (χ0v) is 11.5. The van der Waals surface area contributed by atoms with E-state index in [1.54, 1.807) is 0 Å². The van der Waals surface area contributed by atoms with Gasteiger partial charge in [0.25, 0.3) is 0 Å². The molecule has 0 amide bonds. The second kappa shape index (κ2) is 6.20. The van der Waals surface area contributed by atoms with E-state index in [4.69, 9.17) is 0 Å². The van der Waals surface area contributed by atoms with Crippen molar-refractivity contribution >= 4 is 11.0 Å². The van der Waals surface area contributed by atoms with Crippen LogP contribution in [0.4, 0.5) is 0 Å². The summed E-state index contributed by atoms with van der Waals surface area (Å²) in [6.45, 7) is 1.96. The van der Waals surface area contributed by atoms with E-state index in [-0.39, 0.29) is 0 Å². The predicted molar refractivity (Wildman–Crippen MR) is 79.0 cm³/mol. The van der Waals surface area contributed by atoms with Crippen LogP contribution in [0.2, 0.25) is 0 Å². The van der Waals surface area contributed by atoms with Crippen LogP contribution in [0.1, 0.15) is 44.3 Å². The molecular weight excluding hydrogens is 234 g/mol. The molecule has 0 aliphatic heterocycles. The van der Waals surface area contributed by atoms with Gasteiger partial charge in [-0.05, 0) is 31.0 Å². The lowest BCUT2D eigenvalue weighted by atomic mass is 9.87. The van der Waals surface area contributed by atoms with Gasteiger partial charge in [-0.2, -0.15) is 0 Å². The van der Waals surface area contributed by atoms with Crippen molar-refractivity contribution in [2.24, 2.45) is 5.92 Å². The summed E-state index contributed by atoms with van der Waals surface area (Å²) < 4.78 is 0. The number of aromatic nitrogens is 2. The zero-order chi connectivity index (χ0) is 12.9. The number of rotatable bonds is 5. The van der Waals surface area contributed by atoms with Gasteiger partial charge >= 0.3 is 0 Å². The van der Waals surface area contributed by atoms with E-state index < -0.39 is 0 Å². The van der Waals surface area contributed by atoms with Crippen LogP contribution < -0.4 is 5.32 Å². The van der Waals surface area contributed by atoms with Crippen LogP contribution >= 0.6 is 0 Å². The van der Waals surface area contributed by atoms with Gasteiger partial charge in [-0.3, -0.25) is 0 Å². The number of hydrogen-bond acceptors (Lipinski definition) is 2.